The Kier molecular flexibility index (Phi) is 4.98. The second-order valence-corrected chi connectivity index (χ2v) is 8.85. The van der Waals surface area contributed by atoms with Crippen LogP contribution < -0.4 is 15.0 Å². The molecular weight excluding hydrogens is 419 g/mol. The molecule has 1 N–H and O–H groups in total. The minimum absolute atomic E-state index is 0.212. The highest BCUT2D eigenvalue weighted by Crippen LogP contribution is 2.48. The van der Waals surface area contributed by atoms with E-state index in [0.29, 0.717) is 32.0 Å². The number of carbonyl (C=O) groups is 1. The van der Waals surface area contributed by atoms with Gasteiger partial charge in [-0.3, -0.25) is 4.79 Å². The van der Waals surface area contributed by atoms with Crippen molar-refractivity contribution in [3.05, 3.63) is 53.6 Å². The minimum atomic E-state index is -4.55. The van der Waals surface area contributed by atoms with Gasteiger partial charge in [0, 0.05) is 25.7 Å². The lowest BCUT2D eigenvalue weighted by Crippen LogP contribution is -2.62. The second kappa shape index (κ2) is 7.60. The Hall–Kier alpha value is -2.90. The Morgan fingerprint density at radius 3 is 2.59 bits per heavy atom. The number of likely N-dealkylation sites (tertiary alicyclic amines) is 1. The SMILES string of the molecule is COc1ccc2c(c1)NC1(CCN(C(=O)c3ccccc3C(F)(F)F)CC1)C1CCCN21. The van der Waals surface area contributed by atoms with Gasteiger partial charge in [0.15, 0.2) is 0 Å². The topological polar surface area (TPSA) is 44.8 Å². The van der Waals surface area contributed by atoms with Crippen LogP contribution in [-0.2, 0) is 6.18 Å². The van der Waals surface area contributed by atoms with Gasteiger partial charge in [-0.2, -0.15) is 13.2 Å². The molecule has 0 bridgehead atoms. The van der Waals surface area contributed by atoms with Crippen molar-refractivity contribution in [1.29, 1.82) is 0 Å². The zero-order valence-corrected chi connectivity index (χ0v) is 17.9. The lowest BCUT2D eigenvalue weighted by atomic mass is 9.77. The summed E-state index contributed by atoms with van der Waals surface area (Å²) in [5, 5.41) is 3.75. The van der Waals surface area contributed by atoms with E-state index in [-0.39, 0.29) is 11.1 Å². The van der Waals surface area contributed by atoms with Crippen molar-refractivity contribution < 1.29 is 22.7 Å². The summed E-state index contributed by atoms with van der Waals surface area (Å²) in [6, 6.07) is 11.4. The molecule has 2 fully saturated rings. The lowest BCUT2D eigenvalue weighted by Gasteiger charge is -2.53. The first kappa shape index (κ1) is 21.0. The highest BCUT2D eigenvalue weighted by molar-refractivity contribution is 5.96. The number of rotatable bonds is 2. The quantitative estimate of drug-likeness (QED) is 0.723. The van der Waals surface area contributed by atoms with Gasteiger partial charge < -0.3 is 19.9 Å². The number of halogens is 3. The maximum Gasteiger partial charge on any atom is 0.417 e. The maximum absolute atomic E-state index is 13.4. The third-order valence-corrected chi connectivity index (χ3v) is 7.19. The number of benzene rings is 2. The van der Waals surface area contributed by atoms with E-state index in [1.807, 2.05) is 12.1 Å². The average molecular weight is 445 g/mol. The van der Waals surface area contributed by atoms with Crippen LogP contribution in [0.5, 0.6) is 5.75 Å². The van der Waals surface area contributed by atoms with Gasteiger partial charge in [-0.05, 0) is 49.9 Å². The number of hydrogen-bond acceptors (Lipinski definition) is 4. The first-order valence-corrected chi connectivity index (χ1v) is 11.0. The molecule has 1 spiro atoms. The molecule has 0 saturated carbocycles. The maximum atomic E-state index is 13.4. The summed E-state index contributed by atoms with van der Waals surface area (Å²) in [5.41, 5.74) is 0.825. The van der Waals surface area contributed by atoms with Gasteiger partial charge in [0.05, 0.1) is 41.2 Å². The van der Waals surface area contributed by atoms with Crippen molar-refractivity contribution in [2.45, 2.75) is 43.4 Å². The van der Waals surface area contributed by atoms with Crippen LogP contribution in [0.1, 0.15) is 41.6 Å². The predicted octanol–water partition coefficient (Wildman–Crippen LogP) is 4.78. The Morgan fingerprint density at radius 2 is 1.88 bits per heavy atom. The van der Waals surface area contributed by atoms with E-state index in [1.165, 1.54) is 18.2 Å². The molecule has 3 aliphatic heterocycles. The molecule has 32 heavy (non-hydrogen) atoms. The summed E-state index contributed by atoms with van der Waals surface area (Å²) < 4.78 is 45.6. The molecule has 3 aliphatic rings. The number of alkyl halides is 3. The van der Waals surface area contributed by atoms with Crippen molar-refractivity contribution in [1.82, 2.24) is 4.90 Å². The number of hydrogen-bond donors (Lipinski definition) is 1. The van der Waals surface area contributed by atoms with Crippen molar-refractivity contribution in [3.63, 3.8) is 0 Å². The first-order valence-electron chi connectivity index (χ1n) is 11.0. The summed E-state index contributed by atoms with van der Waals surface area (Å²) in [6.45, 7) is 1.82. The van der Waals surface area contributed by atoms with Crippen LogP contribution in [-0.4, -0.2) is 49.1 Å². The van der Waals surface area contributed by atoms with E-state index >= 15 is 0 Å². The zero-order chi connectivity index (χ0) is 22.5. The molecule has 1 atom stereocenters. The number of anilines is 2. The van der Waals surface area contributed by atoms with Crippen molar-refractivity contribution in [2.75, 3.05) is 37.0 Å². The van der Waals surface area contributed by atoms with Gasteiger partial charge in [0.1, 0.15) is 5.75 Å². The van der Waals surface area contributed by atoms with E-state index in [4.69, 9.17) is 4.74 Å². The second-order valence-electron chi connectivity index (χ2n) is 8.85. The third-order valence-electron chi connectivity index (χ3n) is 7.19. The van der Waals surface area contributed by atoms with Crippen LogP contribution in [0.3, 0.4) is 0 Å². The number of ether oxygens (including phenoxy) is 1. The minimum Gasteiger partial charge on any atom is -0.497 e. The third kappa shape index (κ3) is 3.36. The van der Waals surface area contributed by atoms with E-state index in [1.54, 1.807) is 12.0 Å². The Bertz CT molecular complexity index is 1030. The number of fused-ring (bicyclic) bond motifs is 4. The Balaban J connectivity index is 1.39. The van der Waals surface area contributed by atoms with Crippen LogP contribution in [0, 0.1) is 0 Å². The largest absolute Gasteiger partial charge is 0.497 e. The van der Waals surface area contributed by atoms with Crippen LogP contribution in [0.4, 0.5) is 24.5 Å². The van der Waals surface area contributed by atoms with E-state index in [0.717, 1.165) is 42.6 Å². The van der Waals surface area contributed by atoms with Gasteiger partial charge in [0.2, 0.25) is 0 Å². The molecule has 5 nitrogen and oxygen atoms in total. The normalized spacial score (nSPS) is 21.7. The number of carbonyl (C=O) groups excluding carboxylic acids is 1. The van der Waals surface area contributed by atoms with Gasteiger partial charge in [-0.25, -0.2) is 0 Å². The molecule has 170 valence electrons. The highest BCUT2D eigenvalue weighted by Gasteiger charge is 2.50. The van der Waals surface area contributed by atoms with Crippen LogP contribution >= 0.6 is 0 Å². The summed E-state index contributed by atoms with van der Waals surface area (Å²) in [7, 11) is 1.64. The fourth-order valence-corrected chi connectivity index (χ4v) is 5.63. The van der Waals surface area contributed by atoms with E-state index in [9.17, 15) is 18.0 Å². The summed E-state index contributed by atoms with van der Waals surface area (Å²) in [4.78, 5) is 17.0. The van der Waals surface area contributed by atoms with E-state index < -0.39 is 17.6 Å². The Labute approximate surface area is 185 Å². The van der Waals surface area contributed by atoms with E-state index in [2.05, 4.69) is 16.3 Å². The smallest absolute Gasteiger partial charge is 0.417 e. The predicted molar refractivity (Wildman–Crippen MR) is 116 cm³/mol. The number of nitrogens with zero attached hydrogens (tertiary/aromatic N) is 2. The molecule has 2 aromatic rings. The van der Waals surface area contributed by atoms with Gasteiger partial charge in [-0.1, -0.05) is 12.1 Å². The molecule has 1 unspecified atom stereocenters. The molecule has 5 rings (SSSR count). The molecule has 0 aromatic heterocycles. The van der Waals surface area contributed by atoms with Crippen LogP contribution in [0.2, 0.25) is 0 Å². The monoisotopic (exact) mass is 445 g/mol. The van der Waals surface area contributed by atoms with Gasteiger partial charge in [-0.15, -0.1) is 0 Å². The number of methoxy groups -OCH3 is 1. The molecule has 1 amide bonds. The number of amides is 1. The lowest BCUT2D eigenvalue weighted by molar-refractivity contribution is -0.138. The molecule has 8 heteroatoms. The summed E-state index contributed by atoms with van der Waals surface area (Å²) in [6.07, 6.45) is -1.03. The first-order chi connectivity index (χ1) is 15.3. The van der Waals surface area contributed by atoms with Crippen LogP contribution in [0.25, 0.3) is 0 Å². The molecule has 3 heterocycles. The summed E-state index contributed by atoms with van der Waals surface area (Å²) >= 11 is 0. The standard InChI is InChI=1S/C24H26F3N3O2/c1-32-16-8-9-20-19(15-16)28-23(21-7-4-12-30(20)21)10-13-29(14-11-23)22(31)17-5-2-3-6-18(17)24(25,26)27/h2-3,5-6,8-9,15,21,28H,4,7,10-14H2,1H3. The van der Waals surface area contributed by atoms with Crippen LogP contribution in [0.15, 0.2) is 42.5 Å². The fourth-order valence-electron chi connectivity index (χ4n) is 5.63. The van der Waals surface area contributed by atoms with Gasteiger partial charge >= 0.3 is 6.18 Å². The number of piperidine rings is 1. The molecule has 0 aliphatic carbocycles. The summed E-state index contributed by atoms with van der Waals surface area (Å²) in [5.74, 6) is 0.231. The highest BCUT2D eigenvalue weighted by atomic mass is 19.4. The van der Waals surface area contributed by atoms with Gasteiger partial charge in [0.25, 0.3) is 5.91 Å². The average Bonchev–Trinajstić information content (AvgIpc) is 3.30. The Morgan fingerprint density at radius 1 is 1.12 bits per heavy atom. The molecule has 0 radical (unpaired) electrons. The molecule has 2 aromatic carbocycles. The van der Waals surface area contributed by atoms with Crippen molar-refractivity contribution in [3.8, 4) is 5.75 Å². The zero-order valence-electron chi connectivity index (χ0n) is 17.9. The van der Waals surface area contributed by atoms with Crippen molar-refractivity contribution in [2.24, 2.45) is 0 Å². The molecular formula is C24H26F3N3O2. The number of nitrogens with one attached hydrogen (secondary N) is 1. The fraction of sp³-hybridized carbons (Fsp3) is 0.458. The molecule has 2 saturated heterocycles. The van der Waals surface area contributed by atoms with Crippen molar-refractivity contribution >= 4 is 17.3 Å².